The number of nitrogens with one attached hydrogen (secondary N) is 2. The Balaban J connectivity index is 1.48. The molecule has 2 N–H and O–H groups in total. The van der Waals surface area contributed by atoms with Crippen LogP contribution in [0.5, 0.6) is 5.75 Å². The molecule has 4 aromatic rings. The second-order valence-corrected chi connectivity index (χ2v) is 8.67. The lowest BCUT2D eigenvalue weighted by Crippen LogP contribution is -2.14. The Kier molecular flexibility index (Phi) is 6.14. The van der Waals surface area contributed by atoms with E-state index in [2.05, 4.69) is 10.0 Å². The van der Waals surface area contributed by atoms with Gasteiger partial charge in [-0.25, -0.2) is 12.8 Å². The number of ether oxygens (including phenoxy) is 1. The van der Waals surface area contributed by atoms with Crippen LogP contribution >= 0.6 is 0 Å². The molecule has 33 heavy (non-hydrogen) atoms. The molecule has 0 unspecified atom stereocenters. The molecule has 0 aliphatic rings. The van der Waals surface area contributed by atoms with Gasteiger partial charge in [0, 0.05) is 16.9 Å². The number of furan rings is 1. The summed E-state index contributed by atoms with van der Waals surface area (Å²) < 4.78 is 51.7. The Morgan fingerprint density at radius 3 is 2.33 bits per heavy atom. The molecule has 9 heteroatoms. The van der Waals surface area contributed by atoms with Gasteiger partial charge in [0.2, 0.25) is 0 Å². The first kappa shape index (κ1) is 22.1. The van der Waals surface area contributed by atoms with E-state index in [9.17, 15) is 17.6 Å². The Morgan fingerprint density at radius 1 is 0.909 bits per heavy atom. The maximum absolute atomic E-state index is 13.1. The minimum absolute atomic E-state index is 0.0254. The maximum atomic E-state index is 13.1. The first-order chi connectivity index (χ1) is 15.8. The molecule has 0 radical (unpaired) electrons. The van der Waals surface area contributed by atoms with Crippen molar-refractivity contribution >= 4 is 27.3 Å². The van der Waals surface area contributed by atoms with E-state index in [4.69, 9.17) is 9.15 Å². The van der Waals surface area contributed by atoms with Crippen LogP contribution in [-0.2, 0) is 10.0 Å². The van der Waals surface area contributed by atoms with Crippen LogP contribution in [0.2, 0.25) is 0 Å². The molecule has 1 amide bonds. The van der Waals surface area contributed by atoms with Crippen molar-refractivity contribution in [1.82, 2.24) is 0 Å². The van der Waals surface area contributed by atoms with Gasteiger partial charge in [0.1, 0.15) is 17.3 Å². The molecule has 0 saturated carbocycles. The van der Waals surface area contributed by atoms with Crippen LogP contribution < -0.4 is 14.8 Å². The molecule has 0 atom stereocenters. The van der Waals surface area contributed by atoms with Gasteiger partial charge < -0.3 is 14.5 Å². The SMILES string of the molecule is COc1ccc(NS(=O)(=O)c2cccc(NC(=O)c3ccc(-c4ccc(F)cc4)o3)c2)cc1. The molecule has 0 spiro atoms. The lowest BCUT2D eigenvalue weighted by Gasteiger charge is -2.10. The zero-order valence-corrected chi connectivity index (χ0v) is 18.2. The van der Waals surface area contributed by atoms with Crippen molar-refractivity contribution in [2.45, 2.75) is 4.90 Å². The predicted octanol–water partition coefficient (Wildman–Crippen LogP) is 5.15. The van der Waals surface area contributed by atoms with E-state index in [1.807, 2.05) is 0 Å². The van der Waals surface area contributed by atoms with Gasteiger partial charge in [-0.1, -0.05) is 6.07 Å². The van der Waals surface area contributed by atoms with E-state index in [-0.39, 0.29) is 22.2 Å². The quantitative estimate of drug-likeness (QED) is 0.393. The molecule has 168 valence electrons. The van der Waals surface area contributed by atoms with E-state index in [1.165, 1.54) is 43.5 Å². The van der Waals surface area contributed by atoms with Gasteiger partial charge in [0.25, 0.3) is 15.9 Å². The van der Waals surface area contributed by atoms with Crippen LogP contribution in [0.3, 0.4) is 0 Å². The number of anilines is 2. The number of halogens is 1. The average molecular weight is 466 g/mol. The molecule has 1 aromatic heterocycles. The Morgan fingerprint density at radius 2 is 1.64 bits per heavy atom. The minimum Gasteiger partial charge on any atom is -0.497 e. The fourth-order valence-corrected chi connectivity index (χ4v) is 4.14. The fourth-order valence-electron chi connectivity index (χ4n) is 3.04. The van der Waals surface area contributed by atoms with E-state index >= 15 is 0 Å². The first-order valence-corrected chi connectivity index (χ1v) is 11.3. The lowest BCUT2D eigenvalue weighted by atomic mass is 10.2. The van der Waals surface area contributed by atoms with Gasteiger partial charge in [0.15, 0.2) is 5.76 Å². The third-order valence-electron chi connectivity index (χ3n) is 4.70. The summed E-state index contributed by atoms with van der Waals surface area (Å²) in [6, 6.07) is 21.0. The van der Waals surface area contributed by atoms with Crippen LogP contribution in [0.25, 0.3) is 11.3 Å². The number of rotatable bonds is 7. The highest BCUT2D eigenvalue weighted by molar-refractivity contribution is 7.92. The molecule has 4 rings (SSSR count). The van der Waals surface area contributed by atoms with Crippen LogP contribution in [0.4, 0.5) is 15.8 Å². The molecule has 1 heterocycles. The topological polar surface area (TPSA) is 97.6 Å². The van der Waals surface area contributed by atoms with Gasteiger partial charge in [-0.15, -0.1) is 0 Å². The summed E-state index contributed by atoms with van der Waals surface area (Å²) in [4.78, 5) is 12.6. The Bertz CT molecular complexity index is 1380. The monoisotopic (exact) mass is 466 g/mol. The molecule has 0 aliphatic heterocycles. The lowest BCUT2D eigenvalue weighted by molar-refractivity contribution is 0.0997. The number of carbonyl (C=O) groups is 1. The van der Waals surface area contributed by atoms with Crippen molar-refractivity contribution < 1.29 is 26.8 Å². The van der Waals surface area contributed by atoms with Gasteiger partial charge in [-0.05, 0) is 78.9 Å². The highest BCUT2D eigenvalue weighted by Gasteiger charge is 2.17. The summed E-state index contributed by atoms with van der Waals surface area (Å²) in [7, 11) is -2.37. The van der Waals surface area contributed by atoms with Gasteiger partial charge >= 0.3 is 0 Å². The minimum atomic E-state index is -3.89. The van der Waals surface area contributed by atoms with Gasteiger partial charge in [0.05, 0.1) is 12.0 Å². The fraction of sp³-hybridized carbons (Fsp3) is 0.0417. The van der Waals surface area contributed by atoms with Gasteiger partial charge in [-0.3, -0.25) is 9.52 Å². The summed E-state index contributed by atoms with van der Waals surface area (Å²) in [6.45, 7) is 0. The average Bonchev–Trinajstić information content (AvgIpc) is 3.31. The normalized spacial score (nSPS) is 11.1. The smallest absolute Gasteiger partial charge is 0.291 e. The van der Waals surface area contributed by atoms with Crippen molar-refractivity contribution in [2.24, 2.45) is 0 Å². The number of hydrogen-bond acceptors (Lipinski definition) is 5. The van der Waals surface area contributed by atoms with Crippen LogP contribution in [0.15, 0.2) is 94.2 Å². The highest BCUT2D eigenvalue weighted by atomic mass is 32.2. The van der Waals surface area contributed by atoms with E-state index < -0.39 is 15.9 Å². The molecule has 0 aliphatic carbocycles. The number of methoxy groups -OCH3 is 1. The number of benzene rings is 3. The number of amides is 1. The largest absolute Gasteiger partial charge is 0.497 e. The first-order valence-electron chi connectivity index (χ1n) is 9.78. The highest BCUT2D eigenvalue weighted by Crippen LogP contribution is 2.24. The Labute approximate surface area is 189 Å². The molecular weight excluding hydrogens is 447 g/mol. The summed E-state index contributed by atoms with van der Waals surface area (Å²) in [5.74, 6) is 0.0999. The molecule has 0 bridgehead atoms. The van der Waals surface area contributed by atoms with Crippen LogP contribution in [-0.4, -0.2) is 21.4 Å². The third kappa shape index (κ3) is 5.21. The second-order valence-electron chi connectivity index (χ2n) is 6.99. The van der Waals surface area contributed by atoms with Crippen LogP contribution in [0.1, 0.15) is 10.6 Å². The summed E-state index contributed by atoms with van der Waals surface area (Å²) in [5, 5.41) is 2.62. The molecule has 0 fully saturated rings. The summed E-state index contributed by atoms with van der Waals surface area (Å²) in [6.07, 6.45) is 0. The van der Waals surface area contributed by atoms with E-state index in [0.29, 0.717) is 22.8 Å². The number of hydrogen-bond donors (Lipinski definition) is 2. The molecule has 3 aromatic carbocycles. The summed E-state index contributed by atoms with van der Waals surface area (Å²) >= 11 is 0. The maximum Gasteiger partial charge on any atom is 0.291 e. The standard InChI is InChI=1S/C24H19FN2O5S/c1-31-20-11-9-18(10-12-20)27-33(29,30)21-4-2-3-19(15-21)26-24(28)23-14-13-22(32-23)16-5-7-17(25)8-6-16/h2-15,27H,1H3,(H,26,28). The zero-order valence-electron chi connectivity index (χ0n) is 17.4. The van der Waals surface area contributed by atoms with E-state index in [1.54, 1.807) is 48.5 Å². The van der Waals surface area contributed by atoms with Gasteiger partial charge in [-0.2, -0.15) is 0 Å². The number of sulfonamides is 1. The van der Waals surface area contributed by atoms with E-state index in [0.717, 1.165) is 0 Å². The zero-order chi connectivity index (χ0) is 23.4. The predicted molar refractivity (Wildman–Crippen MR) is 122 cm³/mol. The second kappa shape index (κ2) is 9.17. The Hall–Kier alpha value is -4.11. The van der Waals surface area contributed by atoms with Crippen molar-refractivity contribution in [1.29, 1.82) is 0 Å². The number of carbonyl (C=O) groups excluding carboxylic acids is 1. The molecule has 0 saturated heterocycles. The van der Waals surface area contributed by atoms with Crippen LogP contribution in [0, 0.1) is 5.82 Å². The van der Waals surface area contributed by atoms with Crippen molar-refractivity contribution in [3.05, 3.63) is 96.5 Å². The molecule has 7 nitrogen and oxygen atoms in total. The molecular formula is C24H19FN2O5S. The third-order valence-corrected chi connectivity index (χ3v) is 6.08. The van der Waals surface area contributed by atoms with Crippen molar-refractivity contribution in [3.8, 4) is 17.1 Å². The van der Waals surface area contributed by atoms with Crippen molar-refractivity contribution in [3.63, 3.8) is 0 Å². The summed E-state index contributed by atoms with van der Waals surface area (Å²) in [5.41, 5.74) is 1.26. The van der Waals surface area contributed by atoms with Crippen molar-refractivity contribution in [2.75, 3.05) is 17.1 Å².